The minimum Gasteiger partial charge on any atom is -0.354 e. The third-order valence-corrected chi connectivity index (χ3v) is 8.70. The normalized spacial score (nSPS) is 12.0. The average Bonchev–Trinajstić information content (AvgIpc) is 2.92. The lowest BCUT2D eigenvalue weighted by atomic mass is 10.1. The molecular formula is C31H38ClN3O4S. The molecule has 0 spiro atoms. The number of rotatable bonds is 13. The average molecular weight is 584 g/mol. The molecule has 0 aliphatic heterocycles. The highest BCUT2D eigenvalue weighted by Crippen LogP contribution is 2.29. The first-order valence-electron chi connectivity index (χ1n) is 13.5. The van der Waals surface area contributed by atoms with Crippen molar-refractivity contribution in [3.8, 4) is 0 Å². The summed E-state index contributed by atoms with van der Waals surface area (Å²) in [7, 11) is -4.13. The van der Waals surface area contributed by atoms with E-state index in [9.17, 15) is 18.0 Å². The van der Waals surface area contributed by atoms with Gasteiger partial charge in [0.2, 0.25) is 11.8 Å². The molecule has 9 heteroatoms. The molecular weight excluding hydrogens is 546 g/mol. The number of carbonyl (C=O) groups is 2. The maximum absolute atomic E-state index is 14.1. The van der Waals surface area contributed by atoms with Gasteiger partial charge in [0, 0.05) is 18.1 Å². The highest BCUT2D eigenvalue weighted by molar-refractivity contribution is 7.92. The zero-order valence-electron chi connectivity index (χ0n) is 23.6. The molecule has 0 aromatic heterocycles. The second-order valence-electron chi connectivity index (χ2n) is 9.83. The van der Waals surface area contributed by atoms with Gasteiger partial charge in [0.25, 0.3) is 10.0 Å². The van der Waals surface area contributed by atoms with E-state index >= 15 is 0 Å². The molecule has 0 aliphatic rings. The summed E-state index contributed by atoms with van der Waals surface area (Å²) in [6.45, 7) is 7.79. The van der Waals surface area contributed by atoms with Crippen LogP contribution in [-0.4, -0.2) is 44.3 Å². The van der Waals surface area contributed by atoms with E-state index in [4.69, 9.17) is 11.6 Å². The Hall–Kier alpha value is -3.36. The van der Waals surface area contributed by atoms with Crippen molar-refractivity contribution < 1.29 is 18.0 Å². The first kappa shape index (κ1) is 31.2. The standard InChI is InChI=1S/C31H38ClN3O4S/c1-5-7-18-33-31(37)28(6-2)34(21-25-13-11-12-23(3)19-25)30(36)22-35(29-17-16-26(32)20-24(29)4)40(38,39)27-14-9-8-10-15-27/h8-17,19-20,28H,5-7,18,21-22H2,1-4H3,(H,33,37). The fourth-order valence-corrected chi connectivity index (χ4v) is 6.29. The number of hydrogen-bond donors (Lipinski definition) is 1. The molecule has 0 heterocycles. The molecule has 0 radical (unpaired) electrons. The number of unbranched alkanes of at least 4 members (excludes halogenated alkanes) is 1. The molecule has 3 rings (SSSR count). The summed E-state index contributed by atoms with van der Waals surface area (Å²) < 4.78 is 29.0. The summed E-state index contributed by atoms with van der Waals surface area (Å²) in [4.78, 5) is 28.9. The third-order valence-electron chi connectivity index (χ3n) is 6.69. The molecule has 3 aromatic carbocycles. The van der Waals surface area contributed by atoms with Crippen molar-refractivity contribution in [1.82, 2.24) is 10.2 Å². The van der Waals surface area contributed by atoms with Crippen molar-refractivity contribution in [2.75, 3.05) is 17.4 Å². The molecule has 2 amide bonds. The topological polar surface area (TPSA) is 86.8 Å². The zero-order valence-corrected chi connectivity index (χ0v) is 25.1. The molecule has 40 heavy (non-hydrogen) atoms. The van der Waals surface area contributed by atoms with Crippen LogP contribution in [0.25, 0.3) is 0 Å². The lowest BCUT2D eigenvalue weighted by Gasteiger charge is -2.33. The Morgan fingerprint density at radius 3 is 2.30 bits per heavy atom. The van der Waals surface area contributed by atoms with Gasteiger partial charge in [0.1, 0.15) is 12.6 Å². The highest BCUT2D eigenvalue weighted by Gasteiger charge is 2.34. The van der Waals surface area contributed by atoms with Crippen molar-refractivity contribution in [2.45, 2.75) is 64.4 Å². The van der Waals surface area contributed by atoms with Gasteiger partial charge >= 0.3 is 0 Å². The fourth-order valence-electron chi connectivity index (χ4n) is 4.56. The summed E-state index contributed by atoms with van der Waals surface area (Å²) >= 11 is 6.17. The van der Waals surface area contributed by atoms with Crippen LogP contribution in [0.15, 0.2) is 77.7 Å². The number of amides is 2. The number of aryl methyl sites for hydroxylation is 2. The van der Waals surface area contributed by atoms with E-state index in [2.05, 4.69) is 5.32 Å². The Morgan fingerprint density at radius 2 is 1.68 bits per heavy atom. The van der Waals surface area contributed by atoms with Crippen LogP contribution in [0.4, 0.5) is 5.69 Å². The minimum atomic E-state index is -4.13. The number of sulfonamides is 1. The molecule has 214 valence electrons. The van der Waals surface area contributed by atoms with Gasteiger partial charge in [-0.2, -0.15) is 0 Å². The SMILES string of the molecule is CCCCNC(=O)C(CC)N(Cc1cccc(C)c1)C(=O)CN(c1ccc(Cl)cc1C)S(=O)(=O)c1ccccc1. The summed E-state index contributed by atoms with van der Waals surface area (Å²) in [5.74, 6) is -0.732. The molecule has 0 fully saturated rings. The molecule has 3 aromatic rings. The molecule has 7 nitrogen and oxygen atoms in total. The summed E-state index contributed by atoms with van der Waals surface area (Å²) in [5, 5.41) is 3.40. The number of carbonyl (C=O) groups excluding carboxylic acids is 2. The van der Waals surface area contributed by atoms with Crippen molar-refractivity contribution in [1.29, 1.82) is 0 Å². The quantitative estimate of drug-likeness (QED) is 0.255. The molecule has 0 saturated heterocycles. The molecule has 1 unspecified atom stereocenters. The van der Waals surface area contributed by atoms with Gasteiger partial charge in [-0.25, -0.2) is 8.42 Å². The van der Waals surface area contributed by atoms with Crippen LogP contribution in [0.2, 0.25) is 5.02 Å². The number of nitrogens with zero attached hydrogens (tertiary/aromatic N) is 2. The predicted octanol–water partition coefficient (Wildman–Crippen LogP) is 5.88. The van der Waals surface area contributed by atoms with E-state index in [-0.39, 0.29) is 17.3 Å². The molecule has 1 atom stereocenters. The van der Waals surface area contributed by atoms with Gasteiger partial charge in [0.05, 0.1) is 10.6 Å². The smallest absolute Gasteiger partial charge is 0.264 e. The highest BCUT2D eigenvalue weighted by atomic mass is 35.5. The monoisotopic (exact) mass is 583 g/mol. The second kappa shape index (κ2) is 14.3. The zero-order chi connectivity index (χ0) is 29.3. The van der Waals surface area contributed by atoms with Crippen LogP contribution in [-0.2, 0) is 26.2 Å². The van der Waals surface area contributed by atoms with Gasteiger partial charge in [-0.1, -0.05) is 79.9 Å². The van der Waals surface area contributed by atoms with Crippen LogP contribution in [0, 0.1) is 13.8 Å². The van der Waals surface area contributed by atoms with Crippen molar-refractivity contribution in [2.24, 2.45) is 0 Å². The number of hydrogen-bond acceptors (Lipinski definition) is 4. The van der Waals surface area contributed by atoms with Gasteiger partial charge in [-0.3, -0.25) is 13.9 Å². The molecule has 1 N–H and O–H groups in total. The van der Waals surface area contributed by atoms with E-state index < -0.39 is 28.5 Å². The van der Waals surface area contributed by atoms with Crippen molar-refractivity contribution >= 4 is 39.1 Å². The minimum absolute atomic E-state index is 0.0618. The van der Waals surface area contributed by atoms with Crippen LogP contribution in [0.1, 0.15) is 49.8 Å². The van der Waals surface area contributed by atoms with Crippen molar-refractivity contribution in [3.05, 3.63) is 94.5 Å². The van der Waals surface area contributed by atoms with Gasteiger partial charge < -0.3 is 10.2 Å². The van der Waals surface area contributed by atoms with Gasteiger partial charge in [-0.15, -0.1) is 0 Å². The molecule has 0 saturated carbocycles. The number of anilines is 1. The summed E-state index contributed by atoms with van der Waals surface area (Å²) in [6.07, 6.45) is 2.13. The first-order valence-corrected chi connectivity index (χ1v) is 15.4. The second-order valence-corrected chi connectivity index (χ2v) is 12.1. The number of benzene rings is 3. The van der Waals surface area contributed by atoms with E-state index in [1.807, 2.05) is 45.0 Å². The Bertz CT molecular complexity index is 1410. The lowest BCUT2D eigenvalue weighted by Crippen LogP contribution is -2.52. The van der Waals surface area contributed by atoms with Crippen LogP contribution in [0.3, 0.4) is 0 Å². The van der Waals surface area contributed by atoms with Gasteiger partial charge in [-0.05, 0) is 68.1 Å². The Balaban J connectivity index is 2.06. The van der Waals surface area contributed by atoms with Crippen LogP contribution in [0.5, 0.6) is 0 Å². The Labute approximate surface area is 243 Å². The largest absolute Gasteiger partial charge is 0.354 e. The van der Waals surface area contributed by atoms with E-state index in [0.717, 1.165) is 28.3 Å². The third kappa shape index (κ3) is 7.86. The Morgan fingerprint density at radius 1 is 0.950 bits per heavy atom. The van der Waals surface area contributed by atoms with Crippen LogP contribution < -0.4 is 9.62 Å². The van der Waals surface area contributed by atoms with E-state index in [0.29, 0.717) is 29.2 Å². The van der Waals surface area contributed by atoms with E-state index in [1.165, 1.54) is 17.0 Å². The summed E-state index contributed by atoms with van der Waals surface area (Å²) in [5.41, 5.74) is 2.83. The van der Waals surface area contributed by atoms with Crippen LogP contribution >= 0.6 is 11.6 Å². The number of halogens is 1. The molecule has 0 aliphatic carbocycles. The Kier molecular flexibility index (Phi) is 11.2. The van der Waals surface area contributed by atoms with E-state index in [1.54, 1.807) is 43.3 Å². The maximum Gasteiger partial charge on any atom is 0.264 e. The summed E-state index contributed by atoms with van der Waals surface area (Å²) in [6, 6.07) is 19.8. The predicted molar refractivity (Wildman–Crippen MR) is 161 cm³/mol. The lowest BCUT2D eigenvalue weighted by molar-refractivity contribution is -0.140. The molecule has 0 bridgehead atoms. The first-order chi connectivity index (χ1) is 19.1. The van der Waals surface area contributed by atoms with Crippen molar-refractivity contribution in [3.63, 3.8) is 0 Å². The fraction of sp³-hybridized carbons (Fsp3) is 0.355. The number of nitrogens with one attached hydrogen (secondary N) is 1. The maximum atomic E-state index is 14.1. The van der Waals surface area contributed by atoms with Gasteiger partial charge in [0.15, 0.2) is 0 Å².